The number of aromatic nitrogens is 2. The van der Waals surface area contributed by atoms with Gasteiger partial charge in [-0.1, -0.05) is 31.4 Å². The number of nitrogens with zero attached hydrogens (tertiary/aromatic N) is 2. The normalized spacial score (nSPS) is 12.3. The van der Waals surface area contributed by atoms with Gasteiger partial charge in [-0.2, -0.15) is 0 Å². The Morgan fingerprint density at radius 1 is 1.19 bits per heavy atom. The fourth-order valence-corrected chi connectivity index (χ4v) is 2.88. The Morgan fingerprint density at radius 2 is 1.97 bits per heavy atom. The van der Waals surface area contributed by atoms with E-state index in [9.17, 15) is 4.79 Å². The topological polar surface area (TPSA) is 109 Å². The zero-order valence-corrected chi connectivity index (χ0v) is 18.4. The third-order valence-electron chi connectivity index (χ3n) is 4.46. The first-order valence-corrected chi connectivity index (χ1v) is 9.70. The number of pyridine rings is 2. The van der Waals surface area contributed by atoms with Crippen LogP contribution in [0.1, 0.15) is 11.6 Å². The van der Waals surface area contributed by atoms with Crippen LogP contribution in [0.5, 0.6) is 11.6 Å². The molecule has 1 unspecified atom stereocenters. The second kappa shape index (κ2) is 11.8. The van der Waals surface area contributed by atoms with Crippen LogP contribution in [-0.4, -0.2) is 42.7 Å². The highest BCUT2D eigenvalue weighted by Gasteiger charge is 2.28. The minimum Gasteiger partial charge on any atom is -0.495 e. The summed E-state index contributed by atoms with van der Waals surface area (Å²) in [6.07, 6.45) is 11.1. The SMILES string of the molecule is C=C/C=C(C=C)/C(=C/NC)C(=N)C(=O)C(Nc1cncc(OC)c1)c1ccc(OC)nc1. The number of anilines is 1. The molecule has 2 aromatic rings. The molecule has 32 heavy (non-hydrogen) atoms. The number of nitrogens with one attached hydrogen (secondary N) is 3. The van der Waals surface area contributed by atoms with E-state index >= 15 is 0 Å². The molecule has 0 fully saturated rings. The number of carbonyl (C=O) groups is 1. The van der Waals surface area contributed by atoms with Crippen molar-refractivity contribution >= 4 is 17.2 Å². The van der Waals surface area contributed by atoms with Gasteiger partial charge in [0.05, 0.1) is 32.3 Å². The maximum Gasteiger partial charge on any atom is 0.212 e. The molecule has 2 rings (SSSR count). The smallest absolute Gasteiger partial charge is 0.212 e. The summed E-state index contributed by atoms with van der Waals surface area (Å²) in [7, 11) is 4.74. The summed E-state index contributed by atoms with van der Waals surface area (Å²) >= 11 is 0. The lowest BCUT2D eigenvalue weighted by Crippen LogP contribution is -2.29. The van der Waals surface area contributed by atoms with Crippen LogP contribution < -0.4 is 20.1 Å². The first kappa shape index (κ1) is 24.1. The number of hydrogen-bond donors (Lipinski definition) is 3. The Balaban J connectivity index is 2.50. The molecule has 1 atom stereocenters. The molecule has 2 heterocycles. The highest BCUT2D eigenvalue weighted by molar-refractivity contribution is 6.48. The van der Waals surface area contributed by atoms with Crippen LogP contribution in [0, 0.1) is 5.41 Å². The molecule has 0 aliphatic rings. The number of methoxy groups -OCH3 is 2. The van der Waals surface area contributed by atoms with Crippen molar-refractivity contribution in [2.45, 2.75) is 6.04 Å². The monoisotopic (exact) mass is 433 g/mol. The maximum absolute atomic E-state index is 13.5. The van der Waals surface area contributed by atoms with Crippen molar-refractivity contribution in [1.29, 1.82) is 5.41 Å². The molecule has 0 saturated heterocycles. The average molecular weight is 434 g/mol. The van der Waals surface area contributed by atoms with Crippen molar-refractivity contribution in [2.75, 3.05) is 26.6 Å². The Kier molecular flexibility index (Phi) is 8.91. The largest absolute Gasteiger partial charge is 0.495 e. The lowest BCUT2D eigenvalue weighted by molar-refractivity contribution is -0.113. The molecule has 0 saturated carbocycles. The zero-order valence-electron chi connectivity index (χ0n) is 18.4. The van der Waals surface area contributed by atoms with Crippen LogP contribution >= 0.6 is 0 Å². The van der Waals surface area contributed by atoms with Gasteiger partial charge in [-0.3, -0.25) is 15.2 Å². The van der Waals surface area contributed by atoms with Gasteiger partial charge >= 0.3 is 0 Å². The van der Waals surface area contributed by atoms with Crippen molar-refractivity contribution in [1.82, 2.24) is 15.3 Å². The summed E-state index contributed by atoms with van der Waals surface area (Å²) in [5.74, 6) is 0.470. The molecule has 0 amide bonds. The van der Waals surface area contributed by atoms with E-state index in [1.54, 1.807) is 62.1 Å². The van der Waals surface area contributed by atoms with E-state index in [1.807, 2.05) is 0 Å². The Morgan fingerprint density at radius 3 is 2.53 bits per heavy atom. The van der Waals surface area contributed by atoms with E-state index < -0.39 is 11.8 Å². The van der Waals surface area contributed by atoms with Gasteiger partial charge in [0, 0.05) is 42.7 Å². The predicted molar refractivity (Wildman–Crippen MR) is 126 cm³/mol. The van der Waals surface area contributed by atoms with Gasteiger partial charge in [0.25, 0.3) is 0 Å². The molecule has 0 aliphatic carbocycles. The number of hydrogen-bond acceptors (Lipinski definition) is 8. The number of carbonyl (C=O) groups excluding carboxylic acids is 1. The fraction of sp³-hybridized carbons (Fsp3) is 0.167. The molecule has 8 nitrogen and oxygen atoms in total. The van der Waals surface area contributed by atoms with E-state index in [0.717, 1.165) is 0 Å². The first-order valence-electron chi connectivity index (χ1n) is 9.70. The summed E-state index contributed by atoms with van der Waals surface area (Å²) in [6, 6.07) is 4.18. The number of allylic oxidation sites excluding steroid dienone is 5. The van der Waals surface area contributed by atoms with Crippen LogP contribution in [0.4, 0.5) is 5.69 Å². The number of ether oxygens (including phenoxy) is 2. The molecule has 2 aromatic heterocycles. The summed E-state index contributed by atoms with van der Waals surface area (Å²) in [4.78, 5) is 21.9. The second-order valence-electron chi connectivity index (χ2n) is 6.47. The molecule has 0 aromatic carbocycles. The van der Waals surface area contributed by atoms with E-state index in [1.165, 1.54) is 20.4 Å². The third kappa shape index (κ3) is 5.91. The highest BCUT2D eigenvalue weighted by Crippen LogP contribution is 2.26. The molecule has 0 bridgehead atoms. The van der Waals surface area contributed by atoms with Gasteiger partial charge in [0.1, 0.15) is 17.5 Å². The standard InChI is InChI=1S/C24H27N5O3/c1-6-8-16(7-2)20(15-26-3)22(25)24(30)23(17-9-10-21(32-5)28-12-17)29-18-11-19(31-4)14-27-13-18/h6-15,23,25-26,29H,1-2H2,3-5H3/b16-8+,20-15-,25-22?. The van der Waals surface area contributed by atoms with Crippen LogP contribution in [0.15, 0.2) is 85.5 Å². The lowest BCUT2D eigenvalue weighted by atomic mass is 9.92. The van der Waals surface area contributed by atoms with Crippen LogP contribution in [0.3, 0.4) is 0 Å². The Hall–Kier alpha value is -4.20. The van der Waals surface area contributed by atoms with Gasteiger partial charge in [-0.05, 0) is 11.6 Å². The zero-order chi connectivity index (χ0) is 23.5. The van der Waals surface area contributed by atoms with Crippen molar-refractivity contribution in [3.05, 3.63) is 91.1 Å². The number of Topliss-reactive ketones (excluding diaryl/α,β-unsaturated/α-hetero) is 1. The maximum atomic E-state index is 13.5. The van der Waals surface area contributed by atoms with E-state index in [2.05, 4.69) is 33.8 Å². The van der Waals surface area contributed by atoms with Gasteiger partial charge < -0.3 is 20.1 Å². The fourth-order valence-electron chi connectivity index (χ4n) is 2.88. The van der Waals surface area contributed by atoms with Crippen LogP contribution in [0.2, 0.25) is 0 Å². The van der Waals surface area contributed by atoms with Gasteiger partial charge in [0.15, 0.2) is 0 Å². The molecule has 8 heteroatoms. The summed E-state index contributed by atoms with van der Waals surface area (Å²) in [6.45, 7) is 7.47. The van der Waals surface area contributed by atoms with Gasteiger partial charge in [0.2, 0.25) is 11.7 Å². The lowest BCUT2D eigenvalue weighted by Gasteiger charge is -2.21. The van der Waals surface area contributed by atoms with Crippen LogP contribution in [-0.2, 0) is 4.79 Å². The van der Waals surface area contributed by atoms with Gasteiger partial charge in [-0.25, -0.2) is 4.98 Å². The Bertz CT molecular complexity index is 1040. The first-order chi connectivity index (χ1) is 15.5. The second-order valence-corrected chi connectivity index (χ2v) is 6.47. The molecular formula is C24H27N5O3. The van der Waals surface area contributed by atoms with Crippen molar-refractivity contribution in [3.63, 3.8) is 0 Å². The number of rotatable bonds is 12. The third-order valence-corrected chi connectivity index (χ3v) is 4.46. The highest BCUT2D eigenvalue weighted by atomic mass is 16.5. The molecule has 0 aliphatic heterocycles. The molecule has 0 radical (unpaired) electrons. The summed E-state index contributed by atoms with van der Waals surface area (Å²) in [5, 5.41) is 14.7. The van der Waals surface area contributed by atoms with E-state index in [4.69, 9.17) is 14.9 Å². The van der Waals surface area contributed by atoms with Crippen molar-refractivity contribution in [3.8, 4) is 11.6 Å². The molecule has 166 valence electrons. The van der Waals surface area contributed by atoms with E-state index in [-0.39, 0.29) is 5.71 Å². The molecule has 0 spiro atoms. The van der Waals surface area contributed by atoms with E-state index in [0.29, 0.717) is 34.0 Å². The average Bonchev–Trinajstić information content (AvgIpc) is 2.84. The van der Waals surface area contributed by atoms with Crippen LogP contribution in [0.25, 0.3) is 0 Å². The summed E-state index contributed by atoms with van der Waals surface area (Å²) in [5.41, 5.74) is 1.86. The Labute approximate surface area is 187 Å². The van der Waals surface area contributed by atoms with Crippen molar-refractivity contribution in [2.24, 2.45) is 0 Å². The molecule has 3 N–H and O–H groups in total. The minimum atomic E-state index is -0.912. The van der Waals surface area contributed by atoms with Crippen molar-refractivity contribution < 1.29 is 14.3 Å². The quantitative estimate of drug-likeness (QED) is 0.346. The minimum absolute atomic E-state index is 0.212. The summed E-state index contributed by atoms with van der Waals surface area (Å²) < 4.78 is 10.3. The predicted octanol–water partition coefficient (Wildman–Crippen LogP) is 3.64. The van der Waals surface area contributed by atoms with Gasteiger partial charge in [-0.15, -0.1) is 0 Å². The number of ketones is 1. The molecular weight excluding hydrogens is 406 g/mol.